The molecule has 0 amide bonds. The first-order valence-corrected chi connectivity index (χ1v) is 6.46. The molecule has 1 heterocycles. The fourth-order valence-corrected chi connectivity index (χ4v) is 2.38. The highest BCUT2D eigenvalue weighted by molar-refractivity contribution is 5.69. The highest BCUT2D eigenvalue weighted by Crippen LogP contribution is 2.27. The molecule has 4 unspecified atom stereocenters. The van der Waals surface area contributed by atoms with E-state index in [1.165, 1.54) is 0 Å². The number of hydrogen-bond donors (Lipinski definition) is 1. The van der Waals surface area contributed by atoms with E-state index in [2.05, 4.69) is 6.92 Å². The van der Waals surface area contributed by atoms with Crippen molar-refractivity contribution in [2.75, 3.05) is 19.8 Å². The number of aliphatic hydroxyl groups excluding tert-OH is 1. The van der Waals surface area contributed by atoms with Gasteiger partial charge in [0.05, 0.1) is 25.7 Å². The Hall–Kier alpha value is -0.610. The number of hydrogen-bond acceptors (Lipinski definition) is 4. The Kier molecular flexibility index (Phi) is 5.92. The fourth-order valence-electron chi connectivity index (χ4n) is 2.38. The molecular formula is C13H24O4. The minimum atomic E-state index is -0.484. The zero-order valence-corrected chi connectivity index (χ0v) is 11.0. The summed E-state index contributed by atoms with van der Waals surface area (Å²) in [5.41, 5.74) is 0. The molecule has 100 valence electrons. The van der Waals surface area contributed by atoms with Crippen LogP contribution in [-0.2, 0) is 14.3 Å². The fraction of sp³-hybridized carbons (Fsp3) is 0.923. The number of esters is 1. The second-order valence-electron chi connectivity index (χ2n) is 5.12. The van der Waals surface area contributed by atoms with Crippen LogP contribution in [0.5, 0.6) is 0 Å². The van der Waals surface area contributed by atoms with Crippen LogP contribution in [0.3, 0.4) is 0 Å². The van der Waals surface area contributed by atoms with Gasteiger partial charge in [0.25, 0.3) is 0 Å². The molecule has 0 aliphatic carbocycles. The number of carbonyl (C=O) groups excluding carboxylic acids is 1. The van der Waals surface area contributed by atoms with Gasteiger partial charge in [-0.1, -0.05) is 13.8 Å². The first-order chi connectivity index (χ1) is 8.04. The third-order valence-corrected chi connectivity index (χ3v) is 3.29. The molecule has 0 saturated carbocycles. The van der Waals surface area contributed by atoms with Gasteiger partial charge in [-0.05, 0) is 25.2 Å². The summed E-state index contributed by atoms with van der Waals surface area (Å²) < 4.78 is 10.4. The van der Waals surface area contributed by atoms with Gasteiger partial charge in [-0.2, -0.15) is 0 Å². The van der Waals surface area contributed by atoms with Crippen molar-refractivity contribution in [2.24, 2.45) is 17.8 Å². The predicted octanol–water partition coefficient (Wildman–Crippen LogP) is 1.61. The summed E-state index contributed by atoms with van der Waals surface area (Å²) in [4.78, 5) is 11.5. The van der Waals surface area contributed by atoms with Crippen LogP contribution in [-0.4, -0.2) is 37.0 Å². The Bertz CT molecular complexity index is 242. The Balaban J connectivity index is 2.59. The van der Waals surface area contributed by atoms with E-state index >= 15 is 0 Å². The van der Waals surface area contributed by atoms with Crippen molar-refractivity contribution >= 4 is 5.97 Å². The van der Waals surface area contributed by atoms with Gasteiger partial charge in [-0.3, -0.25) is 4.79 Å². The van der Waals surface area contributed by atoms with Crippen LogP contribution in [0.4, 0.5) is 0 Å². The lowest BCUT2D eigenvalue weighted by Gasteiger charge is -2.32. The van der Waals surface area contributed by atoms with E-state index in [0.717, 1.165) is 6.42 Å². The number of aliphatic hydroxyl groups is 1. The molecule has 17 heavy (non-hydrogen) atoms. The van der Waals surface area contributed by atoms with Crippen molar-refractivity contribution in [3.8, 4) is 0 Å². The molecule has 4 heteroatoms. The maximum Gasteiger partial charge on any atom is 0.306 e. The van der Waals surface area contributed by atoms with Crippen molar-refractivity contribution in [3.05, 3.63) is 0 Å². The van der Waals surface area contributed by atoms with E-state index in [-0.39, 0.29) is 17.8 Å². The van der Waals surface area contributed by atoms with Crippen LogP contribution < -0.4 is 0 Å². The largest absolute Gasteiger partial charge is 0.466 e. The van der Waals surface area contributed by atoms with Crippen LogP contribution >= 0.6 is 0 Å². The third-order valence-electron chi connectivity index (χ3n) is 3.29. The molecule has 1 N–H and O–H groups in total. The van der Waals surface area contributed by atoms with Crippen molar-refractivity contribution < 1.29 is 19.4 Å². The molecule has 0 bridgehead atoms. The number of ether oxygens (including phenoxy) is 2. The van der Waals surface area contributed by atoms with Gasteiger partial charge in [0, 0.05) is 12.5 Å². The molecule has 4 atom stereocenters. The molecule has 0 aromatic heterocycles. The molecule has 4 nitrogen and oxygen atoms in total. The molecule has 1 saturated heterocycles. The highest BCUT2D eigenvalue weighted by Gasteiger charge is 2.30. The van der Waals surface area contributed by atoms with E-state index in [4.69, 9.17) is 9.47 Å². The monoisotopic (exact) mass is 244 g/mol. The Labute approximate surface area is 103 Å². The molecule has 1 fully saturated rings. The molecule has 0 radical (unpaired) electrons. The van der Waals surface area contributed by atoms with Crippen LogP contribution in [0.15, 0.2) is 0 Å². The predicted molar refractivity (Wildman–Crippen MR) is 64.5 cm³/mol. The van der Waals surface area contributed by atoms with Gasteiger partial charge in [-0.15, -0.1) is 0 Å². The lowest BCUT2D eigenvalue weighted by molar-refractivity contribution is -0.146. The second-order valence-corrected chi connectivity index (χ2v) is 5.12. The Morgan fingerprint density at radius 2 is 2.12 bits per heavy atom. The lowest BCUT2D eigenvalue weighted by atomic mass is 9.83. The van der Waals surface area contributed by atoms with Crippen molar-refractivity contribution in [1.82, 2.24) is 0 Å². The third kappa shape index (κ3) is 4.64. The smallest absolute Gasteiger partial charge is 0.306 e. The zero-order chi connectivity index (χ0) is 12.8. The normalized spacial score (nSPS) is 34.8. The van der Waals surface area contributed by atoms with Gasteiger partial charge in [-0.25, -0.2) is 0 Å². The van der Waals surface area contributed by atoms with E-state index in [1.807, 2.05) is 6.92 Å². The first kappa shape index (κ1) is 14.5. The standard InChI is InChI=1S/C13H24O4/c1-4-17-12(14)6-11-5-9(2)7-16-8-10(3)13(11)15/h9-11,13,15H,4-8H2,1-3H3. The molecule has 0 aromatic rings. The summed E-state index contributed by atoms with van der Waals surface area (Å²) in [5, 5.41) is 10.2. The molecular weight excluding hydrogens is 220 g/mol. The van der Waals surface area contributed by atoms with Gasteiger partial charge < -0.3 is 14.6 Å². The van der Waals surface area contributed by atoms with Gasteiger partial charge >= 0.3 is 5.97 Å². The molecule has 0 spiro atoms. The van der Waals surface area contributed by atoms with Crippen LogP contribution in [0, 0.1) is 17.8 Å². The SMILES string of the molecule is CCOC(=O)CC1CC(C)COCC(C)C1O. The second kappa shape index (κ2) is 6.97. The number of rotatable bonds is 3. The highest BCUT2D eigenvalue weighted by atomic mass is 16.5. The van der Waals surface area contributed by atoms with Crippen LogP contribution in [0.2, 0.25) is 0 Å². The van der Waals surface area contributed by atoms with E-state index in [9.17, 15) is 9.90 Å². The van der Waals surface area contributed by atoms with Gasteiger partial charge in [0.2, 0.25) is 0 Å². The minimum Gasteiger partial charge on any atom is -0.466 e. The van der Waals surface area contributed by atoms with Crippen molar-refractivity contribution in [3.63, 3.8) is 0 Å². The average molecular weight is 244 g/mol. The van der Waals surface area contributed by atoms with Crippen molar-refractivity contribution in [1.29, 1.82) is 0 Å². The van der Waals surface area contributed by atoms with E-state index in [0.29, 0.717) is 32.2 Å². The summed E-state index contributed by atoms with van der Waals surface area (Å²) in [6.07, 6.45) is 0.635. The van der Waals surface area contributed by atoms with E-state index < -0.39 is 6.10 Å². The van der Waals surface area contributed by atoms with E-state index in [1.54, 1.807) is 6.92 Å². The first-order valence-electron chi connectivity index (χ1n) is 6.46. The Morgan fingerprint density at radius 1 is 1.41 bits per heavy atom. The van der Waals surface area contributed by atoms with Crippen LogP contribution in [0.1, 0.15) is 33.6 Å². The minimum absolute atomic E-state index is 0.0112. The quantitative estimate of drug-likeness (QED) is 0.766. The topological polar surface area (TPSA) is 55.8 Å². The maximum absolute atomic E-state index is 11.5. The summed E-state index contributed by atoms with van der Waals surface area (Å²) in [6, 6.07) is 0. The van der Waals surface area contributed by atoms with Gasteiger partial charge in [0.1, 0.15) is 0 Å². The summed E-state index contributed by atoms with van der Waals surface area (Å²) in [7, 11) is 0. The van der Waals surface area contributed by atoms with Crippen LogP contribution in [0.25, 0.3) is 0 Å². The number of carbonyl (C=O) groups is 1. The summed E-state index contributed by atoms with van der Waals surface area (Å²) in [5.74, 6) is 0.221. The molecule has 0 aromatic carbocycles. The summed E-state index contributed by atoms with van der Waals surface area (Å²) >= 11 is 0. The lowest BCUT2D eigenvalue weighted by Crippen LogP contribution is -2.36. The molecule has 1 aliphatic rings. The molecule has 1 rings (SSSR count). The van der Waals surface area contributed by atoms with Gasteiger partial charge in [0.15, 0.2) is 0 Å². The summed E-state index contributed by atoms with van der Waals surface area (Å²) in [6.45, 7) is 7.50. The average Bonchev–Trinajstić information content (AvgIpc) is 2.26. The van der Waals surface area contributed by atoms with Crippen molar-refractivity contribution in [2.45, 2.75) is 39.7 Å². The Morgan fingerprint density at radius 3 is 2.76 bits per heavy atom. The maximum atomic E-state index is 11.5. The molecule has 1 aliphatic heterocycles. The zero-order valence-electron chi connectivity index (χ0n) is 11.0.